The van der Waals surface area contributed by atoms with Crippen molar-refractivity contribution in [3.8, 4) is 0 Å². The highest BCUT2D eigenvalue weighted by molar-refractivity contribution is 7.24. The van der Waals surface area contributed by atoms with Gasteiger partial charge in [0.2, 0.25) is 0 Å². The summed E-state index contributed by atoms with van der Waals surface area (Å²) < 4.78 is 40.7. The van der Waals surface area contributed by atoms with E-state index < -0.39 is 5.97 Å². The molecule has 0 aliphatic carbocycles. The zero-order valence-electron chi connectivity index (χ0n) is 25.3. The first-order valence-electron chi connectivity index (χ1n) is 14.8. The molecule has 1 heterocycles. The second-order valence-corrected chi connectivity index (χ2v) is 11.2. The third kappa shape index (κ3) is 11.8. The van der Waals surface area contributed by atoms with Crippen molar-refractivity contribution in [2.45, 2.75) is 13.3 Å². The maximum absolute atomic E-state index is 12.9. The summed E-state index contributed by atoms with van der Waals surface area (Å²) in [4.78, 5) is 25.5. The van der Waals surface area contributed by atoms with Crippen LogP contribution in [0.25, 0.3) is 20.2 Å². The van der Waals surface area contributed by atoms with Crippen molar-refractivity contribution in [3.63, 3.8) is 0 Å². The number of fused-ring (bicyclic) bond motifs is 2. The van der Waals surface area contributed by atoms with E-state index in [-0.39, 0.29) is 50.5 Å². The molecule has 0 spiro atoms. The van der Waals surface area contributed by atoms with Crippen molar-refractivity contribution < 1.29 is 48.2 Å². The lowest BCUT2D eigenvalue weighted by Crippen LogP contribution is -2.38. The first-order valence-corrected chi connectivity index (χ1v) is 15.7. The lowest BCUT2D eigenvalue weighted by atomic mass is 9.88. The minimum Gasteiger partial charge on any atom is -0.460 e. The van der Waals surface area contributed by atoms with Crippen molar-refractivity contribution in [3.05, 3.63) is 58.3 Å². The topological polar surface area (TPSA) is 139 Å². The molecule has 244 valence electrons. The predicted octanol–water partition coefficient (Wildman–Crippen LogP) is 3.05. The quantitative estimate of drug-likeness (QED) is 0.0852. The Kier molecular flexibility index (Phi) is 16.7. The summed E-state index contributed by atoms with van der Waals surface area (Å²) >= 11 is 1.51. The van der Waals surface area contributed by atoms with E-state index in [1.165, 1.54) is 11.3 Å². The van der Waals surface area contributed by atoms with Crippen LogP contribution in [0.3, 0.4) is 0 Å². The van der Waals surface area contributed by atoms with Gasteiger partial charge in [0.25, 0.3) is 0 Å². The lowest BCUT2D eigenvalue weighted by Gasteiger charge is -2.32. The standard InChI is InChI=1S/C32H44O11S/c1-2-32(22-40-16-13-37-11-9-33,23-41-17-14-38-12-10-34)24-42-18-15-39-19-20-43-31(36)25-7-8-29-27(21-25)30(35)26-5-3-4-6-28(26)44-29/h3-8,21,33-34H,2,9-20,22-24H2,1H3. The Morgan fingerprint density at radius 2 is 1.20 bits per heavy atom. The third-order valence-corrected chi connectivity index (χ3v) is 7.99. The number of carbonyl (C=O) groups excluding carboxylic acids is 1. The molecule has 2 aromatic carbocycles. The second kappa shape index (κ2) is 20.5. The molecule has 3 rings (SSSR count). The van der Waals surface area contributed by atoms with Crippen LogP contribution >= 0.6 is 11.3 Å². The number of aliphatic hydroxyl groups excluding tert-OH is 2. The smallest absolute Gasteiger partial charge is 0.338 e. The van der Waals surface area contributed by atoms with Crippen LogP contribution in [0.5, 0.6) is 0 Å². The van der Waals surface area contributed by atoms with Crippen LogP contribution in [0.15, 0.2) is 47.3 Å². The van der Waals surface area contributed by atoms with Gasteiger partial charge in [-0.25, -0.2) is 4.79 Å². The maximum atomic E-state index is 12.9. The van der Waals surface area contributed by atoms with E-state index in [2.05, 4.69) is 0 Å². The fraction of sp³-hybridized carbons (Fsp3) is 0.562. The van der Waals surface area contributed by atoms with Crippen molar-refractivity contribution in [2.75, 3.05) is 99.1 Å². The molecule has 0 fully saturated rings. The maximum Gasteiger partial charge on any atom is 0.338 e. The average molecular weight is 637 g/mol. The van der Waals surface area contributed by atoms with Crippen molar-refractivity contribution in [2.24, 2.45) is 5.41 Å². The van der Waals surface area contributed by atoms with Crippen LogP contribution in [0.4, 0.5) is 0 Å². The molecule has 0 radical (unpaired) electrons. The molecular weight excluding hydrogens is 592 g/mol. The molecule has 0 aliphatic rings. The van der Waals surface area contributed by atoms with Crippen LogP contribution in [0.1, 0.15) is 23.7 Å². The number of hydrogen-bond acceptors (Lipinski definition) is 12. The first-order chi connectivity index (χ1) is 21.5. The molecule has 11 nitrogen and oxygen atoms in total. The molecule has 2 N–H and O–H groups in total. The summed E-state index contributed by atoms with van der Waals surface area (Å²) in [5, 5.41) is 18.8. The number of benzene rings is 2. The van der Waals surface area contributed by atoms with Crippen LogP contribution in [-0.4, -0.2) is 115 Å². The van der Waals surface area contributed by atoms with Gasteiger partial charge >= 0.3 is 5.97 Å². The summed E-state index contributed by atoms with van der Waals surface area (Å²) in [5.74, 6) is -0.513. The van der Waals surface area contributed by atoms with Crippen LogP contribution in [0, 0.1) is 5.41 Å². The van der Waals surface area contributed by atoms with Gasteiger partial charge in [0.05, 0.1) is 98.1 Å². The number of carbonyl (C=O) groups is 1. The van der Waals surface area contributed by atoms with Gasteiger partial charge in [-0.3, -0.25) is 4.79 Å². The number of rotatable bonds is 24. The molecule has 0 aliphatic heterocycles. The van der Waals surface area contributed by atoms with Crippen molar-refractivity contribution in [1.82, 2.24) is 0 Å². The van der Waals surface area contributed by atoms with Crippen molar-refractivity contribution in [1.29, 1.82) is 0 Å². The SMILES string of the molecule is CCC(COCCOCCO)(COCCOCCO)COCCOCCOC(=O)c1ccc2sc3ccccc3c(=O)c2c1. The van der Waals surface area contributed by atoms with Gasteiger partial charge in [0, 0.05) is 25.6 Å². The number of ether oxygens (including phenoxy) is 7. The summed E-state index contributed by atoms with van der Waals surface area (Å²) in [7, 11) is 0. The Balaban J connectivity index is 1.38. The molecule has 0 unspecified atom stereocenters. The fourth-order valence-electron chi connectivity index (χ4n) is 4.29. The van der Waals surface area contributed by atoms with Crippen LogP contribution in [-0.2, 0) is 33.2 Å². The minimum atomic E-state index is -0.513. The molecule has 0 atom stereocenters. The van der Waals surface area contributed by atoms with Gasteiger partial charge in [-0.05, 0) is 36.8 Å². The zero-order valence-corrected chi connectivity index (χ0v) is 26.1. The molecule has 12 heteroatoms. The number of aliphatic hydroxyl groups is 2. The highest BCUT2D eigenvalue weighted by Gasteiger charge is 2.30. The van der Waals surface area contributed by atoms with Gasteiger partial charge in [0.1, 0.15) is 6.61 Å². The average Bonchev–Trinajstić information content (AvgIpc) is 3.05. The minimum absolute atomic E-state index is 0.0324. The Labute approximate surface area is 261 Å². The first kappa shape index (κ1) is 36.0. The number of esters is 1. The molecule has 3 aromatic rings. The Hall–Kier alpha value is -2.52. The van der Waals surface area contributed by atoms with E-state index in [1.807, 2.05) is 25.1 Å². The van der Waals surface area contributed by atoms with Gasteiger partial charge in [-0.1, -0.05) is 19.1 Å². The lowest BCUT2D eigenvalue weighted by molar-refractivity contribution is -0.0906. The number of hydrogen-bond donors (Lipinski definition) is 2. The van der Waals surface area contributed by atoms with Crippen LogP contribution in [0.2, 0.25) is 0 Å². The van der Waals surface area contributed by atoms with Crippen LogP contribution < -0.4 is 5.43 Å². The van der Waals surface area contributed by atoms with Gasteiger partial charge < -0.3 is 43.4 Å². The van der Waals surface area contributed by atoms with Crippen molar-refractivity contribution >= 4 is 37.5 Å². The van der Waals surface area contributed by atoms with E-state index in [4.69, 9.17) is 43.4 Å². The molecule has 44 heavy (non-hydrogen) atoms. The monoisotopic (exact) mass is 636 g/mol. The predicted molar refractivity (Wildman–Crippen MR) is 168 cm³/mol. The third-order valence-electron chi connectivity index (χ3n) is 6.83. The summed E-state index contributed by atoms with van der Waals surface area (Å²) in [6.45, 7) is 6.16. The Bertz CT molecular complexity index is 1300. The normalized spacial score (nSPS) is 11.9. The van der Waals surface area contributed by atoms with Gasteiger partial charge in [-0.15, -0.1) is 11.3 Å². The fourth-order valence-corrected chi connectivity index (χ4v) is 5.34. The van der Waals surface area contributed by atoms with E-state index in [0.29, 0.717) is 75.8 Å². The molecule has 0 saturated heterocycles. The largest absolute Gasteiger partial charge is 0.460 e. The summed E-state index contributed by atoms with van der Waals surface area (Å²) in [5.41, 5.74) is -0.169. The summed E-state index contributed by atoms with van der Waals surface area (Å²) in [6, 6.07) is 12.5. The molecule has 0 bridgehead atoms. The van der Waals surface area contributed by atoms with Gasteiger partial charge in [-0.2, -0.15) is 0 Å². The van der Waals surface area contributed by atoms with E-state index in [0.717, 1.165) is 15.8 Å². The van der Waals surface area contributed by atoms with E-state index in [9.17, 15) is 9.59 Å². The molecule has 0 saturated carbocycles. The van der Waals surface area contributed by atoms with E-state index in [1.54, 1.807) is 24.3 Å². The highest BCUT2D eigenvalue weighted by Crippen LogP contribution is 2.26. The molecule has 1 aromatic heterocycles. The highest BCUT2D eigenvalue weighted by atomic mass is 32.1. The molecule has 0 amide bonds. The van der Waals surface area contributed by atoms with E-state index >= 15 is 0 Å². The van der Waals surface area contributed by atoms with Gasteiger partial charge in [0.15, 0.2) is 5.43 Å². The Morgan fingerprint density at radius 3 is 1.80 bits per heavy atom. The summed E-state index contributed by atoms with van der Waals surface area (Å²) in [6.07, 6.45) is 0.748. The second-order valence-electron chi connectivity index (χ2n) is 10.1. The zero-order chi connectivity index (χ0) is 31.5. The molecular formula is C32H44O11S. The Morgan fingerprint density at radius 1 is 0.682 bits per heavy atom.